The van der Waals surface area contributed by atoms with Crippen LogP contribution >= 0.6 is 0 Å². The molecule has 0 aromatic rings. The van der Waals surface area contributed by atoms with Gasteiger partial charge in [0.2, 0.25) is 11.8 Å². The molecule has 0 saturated carbocycles. The van der Waals surface area contributed by atoms with Crippen LogP contribution in [0.2, 0.25) is 0 Å². The van der Waals surface area contributed by atoms with Crippen LogP contribution in [0.5, 0.6) is 0 Å². The van der Waals surface area contributed by atoms with E-state index >= 15 is 0 Å². The molecule has 1 unspecified atom stereocenters. The van der Waals surface area contributed by atoms with Crippen LogP contribution in [0.3, 0.4) is 0 Å². The molecule has 1 N–H and O–H groups in total. The van der Waals surface area contributed by atoms with Crippen molar-refractivity contribution in [3.8, 4) is 0 Å². The van der Waals surface area contributed by atoms with Gasteiger partial charge in [-0.2, -0.15) is 0 Å². The van der Waals surface area contributed by atoms with Crippen molar-refractivity contribution in [3.63, 3.8) is 0 Å². The largest absolute Gasteiger partial charge is 0.396 e. The van der Waals surface area contributed by atoms with Gasteiger partial charge in [-0.25, -0.2) is 0 Å². The molecular weight excluding hydrogens is 268 g/mol. The van der Waals surface area contributed by atoms with E-state index < -0.39 is 0 Å². The molecule has 5 heteroatoms. The average molecular weight is 298 g/mol. The zero-order valence-corrected chi connectivity index (χ0v) is 13.8. The third kappa shape index (κ3) is 4.99. The number of piperidine rings is 1. The molecule has 1 atom stereocenters. The van der Waals surface area contributed by atoms with Crippen LogP contribution in [0, 0.1) is 11.8 Å². The first-order chi connectivity index (χ1) is 9.88. The van der Waals surface area contributed by atoms with Crippen molar-refractivity contribution >= 4 is 11.8 Å². The first-order valence-corrected chi connectivity index (χ1v) is 8.08. The molecule has 1 aliphatic rings. The smallest absolute Gasteiger partial charge is 0.227 e. The number of likely N-dealkylation sites (tertiary alicyclic amines) is 1. The van der Waals surface area contributed by atoms with Gasteiger partial charge >= 0.3 is 0 Å². The van der Waals surface area contributed by atoms with Gasteiger partial charge in [-0.3, -0.25) is 9.59 Å². The molecule has 0 aromatic carbocycles. The molecule has 0 aromatic heterocycles. The Bertz CT molecular complexity index is 355. The third-order valence-electron chi connectivity index (χ3n) is 4.04. The molecule has 2 amide bonds. The number of nitrogens with zero attached hydrogens (tertiary/aromatic N) is 2. The molecule has 1 rings (SSSR count). The Morgan fingerprint density at radius 2 is 1.95 bits per heavy atom. The quantitative estimate of drug-likeness (QED) is 0.808. The minimum Gasteiger partial charge on any atom is -0.396 e. The number of hydrogen-bond donors (Lipinski definition) is 1. The van der Waals surface area contributed by atoms with E-state index in [0.717, 1.165) is 19.4 Å². The summed E-state index contributed by atoms with van der Waals surface area (Å²) >= 11 is 0. The Kier molecular flexibility index (Phi) is 7.15. The Hall–Kier alpha value is -1.10. The number of carbonyl (C=O) groups is 2. The van der Waals surface area contributed by atoms with Crippen molar-refractivity contribution in [3.05, 3.63) is 0 Å². The maximum Gasteiger partial charge on any atom is 0.227 e. The Balaban J connectivity index is 2.69. The van der Waals surface area contributed by atoms with Crippen molar-refractivity contribution in [2.45, 2.75) is 53.0 Å². The van der Waals surface area contributed by atoms with E-state index in [-0.39, 0.29) is 36.3 Å². The van der Waals surface area contributed by atoms with Gasteiger partial charge in [0.15, 0.2) is 0 Å². The minimum atomic E-state index is -0.0949. The van der Waals surface area contributed by atoms with E-state index in [0.29, 0.717) is 19.5 Å². The van der Waals surface area contributed by atoms with Gasteiger partial charge in [0, 0.05) is 38.2 Å². The number of hydrogen-bond acceptors (Lipinski definition) is 3. The molecular formula is C16H30N2O3. The highest BCUT2D eigenvalue weighted by molar-refractivity contribution is 5.82. The first-order valence-electron chi connectivity index (χ1n) is 8.08. The molecule has 1 saturated heterocycles. The van der Waals surface area contributed by atoms with Crippen molar-refractivity contribution < 1.29 is 14.7 Å². The average Bonchev–Trinajstić information content (AvgIpc) is 2.46. The summed E-state index contributed by atoms with van der Waals surface area (Å²) in [7, 11) is 0. The molecule has 5 nitrogen and oxygen atoms in total. The highest BCUT2D eigenvalue weighted by atomic mass is 16.3. The van der Waals surface area contributed by atoms with Gasteiger partial charge in [0.1, 0.15) is 0 Å². The molecule has 1 heterocycles. The summed E-state index contributed by atoms with van der Waals surface area (Å²) in [5.74, 6) is 0.149. The van der Waals surface area contributed by atoms with Gasteiger partial charge in [-0.15, -0.1) is 0 Å². The lowest BCUT2D eigenvalue weighted by atomic mass is 9.95. The second-order valence-corrected chi connectivity index (χ2v) is 6.48. The summed E-state index contributed by atoms with van der Waals surface area (Å²) in [5, 5.41) is 8.97. The van der Waals surface area contributed by atoms with E-state index in [2.05, 4.69) is 0 Å². The van der Waals surface area contributed by atoms with Gasteiger partial charge < -0.3 is 14.9 Å². The fourth-order valence-electron chi connectivity index (χ4n) is 2.84. The zero-order chi connectivity index (χ0) is 16.0. The van der Waals surface area contributed by atoms with Crippen LogP contribution < -0.4 is 0 Å². The summed E-state index contributed by atoms with van der Waals surface area (Å²) in [6.07, 6.45) is 2.34. The standard InChI is InChI=1S/C16H30N2O3/c1-12(2)15(20)17-8-5-7-14(11-17)16(21)18(13(3)4)9-6-10-19/h12-14,19H,5-11H2,1-4H3. The van der Waals surface area contributed by atoms with Crippen LogP contribution in [0.25, 0.3) is 0 Å². The fraction of sp³-hybridized carbons (Fsp3) is 0.875. The Labute approximate surface area is 128 Å². The number of aliphatic hydroxyl groups is 1. The van der Waals surface area contributed by atoms with Crippen molar-refractivity contribution in [2.75, 3.05) is 26.2 Å². The first kappa shape index (κ1) is 18.0. The summed E-state index contributed by atoms with van der Waals surface area (Å²) in [6.45, 7) is 9.77. The molecule has 21 heavy (non-hydrogen) atoms. The number of rotatable bonds is 6. The molecule has 0 aliphatic carbocycles. The van der Waals surface area contributed by atoms with Crippen LogP contribution in [-0.2, 0) is 9.59 Å². The van der Waals surface area contributed by atoms with Crippen LogP contribution in [0.1, 0.15) is 47.0 Å². The normalized spacial score (nSPS) is 19.2. The van der Waals surface area contributed by atoms with Crippen molar-refractivity contribution in [1.82, 2.24) is 9.80 Å². The van der Waals surface area contributed by atoms with E-state index in [1.54, 1.807) is 0 Å². The van der Waals surface area contributed by atoms with Crippen molar-refractivity contribution in [1.29, 1.82) is 0 Å². The fourth-order valence-corrected chi connectivity index (χ4v) is 2.84. The van der Waals surface area contributed by atoms with Crippen LogP contribution in [0.4, 0.5) is 0 Å². The highest BCUT2D eigenvalue weighted by Crippen LogP contribution is 2.21. The summed E-state index contributed by atoms with van der Waals surface area (Å²) in [5.41, 5.74) is 0. The Morgan fingerprint density at radius 3 is 2.48 bits per heavy atom. The van der Waals surface area contributed by atoms with Gasteiger partial charge in [0.05, 0.1) is 5.92 Å². The molecule has 1 fully saturated rings. The van der Waals surface area contributed by atoms with Crippen LogP contribution in [-0.4, -0.2) is 59.0 Å². The van der Waals surface area contributed by atoms with E-state index in [1.165, 1.54) is 0 Å². The number of carbonyl (C=O) groups excluding carboxylic acids is 2. The third-order valence-corrected chi connectivity index (χ3v) is 4.04. The maximum atomic E-state index is 12.7. The topological polar surface area (TPSA) is 60.9 Å². The minimum absolute atomic E-state index is 0.0190. The molecule has 0 radical (unpaired) electrons. The number of aliphatic hydroxyl groups excluding tert-OH is 1. The van der Waals surface area contributed by atoms with E-state index in [1.807, 2.05) is 37.5 Å². The second kappa shape index (κ2) is 8.37. The monoisotopic (exact) mass is 298 g/mol. The second-order valence-electron chi connectivity index (χ2n) is 6.48. The van der Waals surface area contributed by atoms with Gasteiger partial charge in [-0.05, 0) is 33.1 Å². The van der Waals surface area contributed by atoms with E-state index in [9.17, 15) is 9.59 Å². The van der Waals surface area contributed by atoms with E-state index in [4.69, 9.17) is 5.11 Å². The van der Waals surface area contributed by atoms with Gasteiger partial charge in [-0.1, -0.05) is 13.8 Å². The molecule has 1 aliphatic heterocycles. The maximum absolute atomic E-state index is 12.7. The summed E-state index contributed by atoms with van der Waals surface area (Å²) < 4.78 is 0. The van der Waals surface area contributed by atoms with Crippen LogP contribution in [0.15, 0.2) is 0 Å². The molecule has 0 bridgehead atoms. The summed E-state index contributed by atoms with van der Waals surface area (Å²) in [4.78, 5) is 28.5. The summed E-state index contributed by atoms with van der Waals surface area (Å²) in [6, 6.07) is 0.125. The lowest BCUT2D eigenvalue weighted by Gasteiger charge is -2.37. The lowest BCUT2D eigenvalue weighted by Crippen LogP contribution is -2.49. The lowest BCUT2D eigenvalue weighted by molar-refractivity contribution is -0.143. The number of amides is 2. The van der Waals surface area contributed by atoms with Gasteiger partial charge in [0.25, 0.3) is 0 Å². The predicted octanol–water partition coefficient (Wildman–Crippen LogP) is 1.50. The predicted molar refractivity (Wildman–Crippen MR) is 82.7 cm³/mol. The zero-order valence-electron chi connectivity index (χ0n) is 13.8. The highest BCUT2D eigenvalue weighted by Gasteiger charge is 2.32. The Morgan fingerprint density at radius 1 is 1.29 bits per heavy atom. The molecule has 122 valence electrons. The SMILES string of the molecule is CC(C)C(=O)N1CCCC(C(=O)N(CCCO)C(C)C)C1. The molecule has 0 spiro atoms. The van der Waals surface area contributed by atoms with Crippen molar-refractivity contribution in [2.24, 2.45) is 11.8 Å².